The molecule has 154 valence electrons. The molecule has 0 saturated heterocycles. The van der Waals surface area contributed by atoms with Gasteiger partial charge in [-0.05, 0) is 37.3 Å². The standard InChI is InChI=1S/C19H16FN5O3S2/c1-10-18(29-19(21-10)22-11(2)26)30(27,28)25-14-6-7-16-15(9-14)17(24-23-16)12-4-3-5-13(20)8-12/h3-9,25H,1-2H3,(H,23,24)(H,21,22,26). The molecule has 0 atom stereocenters. The zero-order valence-electron chi connectivity index (χ0n) is 15.9. The molecular formula is C19H16FN5O3S2. The Morgan fingerprint density at radius 1 is 1.20 bits per heavy atom. The third-order valence-electron chi connectivity index (χ3n) is 4.19. The van der Waals surface area contributed by atoms with Gasteiger partial charge in [0.15, 0.2) is 9.34 Å². The fourth-order valence-electron chi connectivity index (χ4n) is 2.97. The maximum absolute atomic E-state index is 13.6. The van der Waals surface area contributed by atoms with E-state index < -0.39 is 15.8 Å². The van der Waals surface area contributed by atoms with Crippen LogP contribution < -0.4 is 10.0 Å². The number of sulfonamides is 1. The summed E-state index contributed by atoms with van der Waals surface area (Å²) in [7, 11) is -3.93. The number of rotatable bonds is 5. The molecule has 11 heteroatoms. The molecule has 2 aromatic carbocycles. The summed E-state index contributed by atoms with van der Waals surface area (Å²) in [5.74, 6) is -0.730. The number of aromatic amines is 1. The van der Waals surface area contributed by atoms with Gasteiger partial charge in [0.2, 0.25) is 5.91 Å². The largest absolute Gasteiger partial charge is 0.302 e. The average molecular weight is 446 g/mol. The molecule has 0 fully saturated rings. The number of carbonyl (C=O) groups excluding carboxylic acids is 1. The maximum atomic E-state index is 13.6. The van der Waals surface area contributed by atoms with Crippen molar-refractivity contribution in [1.29, 1.82) is 0 Å². The van der Waals surface area contributed by atoms with Gasteiger partial charge in [0.25, 0.3) is 10.0 Å². The van der Waals surface area contributed by atoms with Crippen LogP contribution in [0.3, 0.4) is 0 Å². The molecule has 2 aromatic heterocycles. The summed E-state index contributed by atoms with van der Waals surface area (Å²) in [6, 6.07) is 10.9. The predicted molar refractivity (Wildman–Crippen MR) is 113 cm³/mol. The predicted octanol–water partition coefficient (Wildman–Crippen LogP) is 3.89. The van der Waals surface area contributed by atoms with Crippen molar-refractivity contribution in [1.82, 2.24) is 15.2 Å². The summed E-state index contributed by atoms with van der Waals surface area (Å²) in [5.41, 5.74) is 2.35. The van der Waals surface area contributed by atoms with Gasteiger partial charge in [-0.1, -0.05) is 23.5 Å². The van der Waals surface area contributed by atoms with E-state index in [-0.39, 0.29) is 20.9 Å². The minimum Gasteiger partial charge on any atom is -0.302 e. The van der Waals surface area contributed by atoms with Crippen LogP contribution in [0.1, 0.15) is 12.6 Å². The Morgan fingerprint density at radius 2 is 2.00 bits per heavy atom. The molecule has 0 unspecified atom stereocenters. The number of carbonyl (C=O) groups is 1. The van der Waals surface area contributed by atoms with E-state index in [9.17, 15) is 17.6 Å². The fraction of sp³-hybridized carbons (Fsp3) is 0.105. The van der Waals surface area contributed by atoms with Crippen LogP contribution in [-0.4, -0.2) is 29.5 Å². The molecule has 0 bridgehead atoms. The van der Waals surface area contributed by atoms with Crippen molar-refractivity contribution < 1.29 is 17.6 Å². The first-order chi connectivity index (χ1) is 14.2. The molecule has 0 aliphatic heterocycles. The van der Waals surface area contributed by atoms with Crippen LogP contribution >= 0.6 is 11.3 Å². The van der Waals surface area contributed by atoms with Crippen molar-refractivity contribution >= 4 is 49.0 Å². The lowest BCUT2D eigenvalue weighted by Gasteiger charge is -2.07. The Balaban J connectivity index is 1.69. The molecule has 0 radical (unpaired) electrons. The first-order valence-electron chi connectivity index (χ1n) is 8.75. The van der Waals surface area contributed by atoms with Crippen molar-refractivity contribution in [2.45, 2.75) is 18.1 Å². The van der Waals surface area contributed by atoms with Crippen LogP contribution in [-0.2, 0) is 14.8 Å². The highest BCUT2D eigenvalue weighted by atomic mass is 32.2. The number of halogens is 1. The molecule has 0 aliphatic rings. The molecule has 4 aromatic rings. The van der Waals surface area contributed by atoms with E-state index in [2.05, 4.69) is 25.2 Å². The number of aryl methyl sites for hydroxylation is 1. The Hall–Kier alpha value is -3.31. The van der Waals surface area contributed by atoms with Gasteiger partial charge in [-0.15, -0.1) is 0 Å². The molecule has 8 nitrogen and oxygen atoms in total. The van der Waals surface area contributed by atoms with E-state index in [1.165, 1.54) is 19.1 Å². The Kier molecular flexibility index (Phi) is 5.00. The second-order valence-corrected chi connectivity index (χ2v) is 9.40. The van der Waals surface area contributed by atoms with Crippen molar-refractivity contribution in [3.05, 3.63) is 54.0 Å². The molecule has 4 rings (SSSR count). The van der Waals surface area contributed by atoms with Crippen LogP contribution in [0.2, 0.25) is 0 Å². The van der Waals surface area contributed by atoms with Crippen molar-refractivity contribution in [2.75, 3.05) is 10.0 Å². The SMILES string of the molecule is CC(=O)Nc1nc(C)c(S(=O)(=O)Nc2ccc3[nH]nc(-c4cccc(F)c4)c3c2)s1. The molecule has 2 heterocycles. The number of nitrogens with one attached hydrogen (secondary N) is 3. The van der Waals surface area contributed by atoms with E-state index >= 15 is 0 Å². The Morgan fingerprint density at radius 3 is 2.73 bits per heavy atom. The highest BCUT2D eigenvalue weighted by Crippen LogP contribution is 2.32. The van der Waals surface area contributed by atoms with Crippen molar-refractivity contribution in [3.8, 4) is 11.3 Å². The number of H-pyrrole nitrogens is 1. The van der Waals surface area contributed by atoms with Gasteiger partial charge in [0.05, 0.1) is 11.2 Å². The first kappa shape index (κ1) is 20.0. The number of benzene rings is 2. The summed E-state index contributed by atoms with van der Waals surface area (Å²) < 4.78 is 41.9. The van der Waals surface area contributed by atoms with Gasteiger partial charge in [0, 0.05) is 23.6 Å². The Bertz CT molecular complexity index is 1380. The van der Waals surface area contributed by atoms with E-state index in [1.807, 2.05) is 0 Å². The lowest BCUT2D eigenvalue weighted by atomic mass is 10.1. The number of thiazole rings is 1. The molecule has 30 heavy (non-hydrogen) atoms. The monoisotopic (exact) mass is 445 g/mol. The van der Waals surface area contributed by atoms with Crippen molar-refractivity contribution in [3.63, 3.8) is 0 Å². The summed E-state index contributed by atoms with van der Waals surface area (Å²) in [6.45, 7) is 2.87. The molecule has 0 spiro atoms. The molecule has 0 aliphatic carbocycles. The van der Waals surface area contributed by atoms with Gasteiger partial charge < -0.3 is 5.32 Å². The van der Waals surface area contributed by atoms with Gasteiger partial charge in [-0.3, -0.25) is 14.6 Å². The third-order valence-corrected chi connectivity index (χ3v) is 7.26. The highest BCUT2D eigenvalue weighted by molar-refractivity contribution is 7.94. The minimum atomic E-state index is -3.93. The van der Waals surface area contributed by atoms with E-state index in [4.69, 9.17) is 0 Å². The van der Waals surface area contributed by atoms with E-state index in [1.54, 1.807) is 37.3 Å². The normalized spacial score (nSPS) is 11.6. The second-order valence-electron chi connectivity index (χ2n) is 6.52. The highest BCUT2D eigenvalue weighted by Gasteiger charge is 2.23. The lowest BCUT2D eigenvalue weighted by Crippen LogP contribution is -2.12. The van der Waals surface area contributed by atoms with Crippen molar-refractivity contribution in [2.24, 2.45) is 0 Å². The number of nitrogens with zero attached hydrogens (tertiary/aromatic N) is 2. The topological polar surface area (TPSA) is 117 Å². The quantitative estimate of drug-likeness (QED) is 0.431. The number of fused-ring (bicyclic) bond motifs is 1. The van der Waals surface area contributed by atoms with Crippen LogP contribution in [0, 0.1) is 12.7 Å². The summed E-state index contributed by atoms with van der Waals surface area (Å²) >= 11 is 0.867. The fourth-order valence-corrected chi connectivity index (χ4v) is 5.48. The number of hydrogen-bond acceptors (Lipinski definition) is 6. The number of hydrogen-bond donors (Lipinski definition) is 3. The zero-order chi connectivity index (χ0) is 21.5. The van der Waals surface area contributed by atoms with Crippen LogP contribution in [0.15, 0.2) is 46.7 Å². The maximum Gasteiger partial charge on any atom is 0.273 e. The van der Waals surface area contributed by atoms with Gasteiger partial charge in [-0.2, -0.15) is 5.10 Å². The van der Waals surface area contributed by atoms with Crippen LogP contribution in [0.4, 0.5) is 15.2 Å². The first-order valence-corrected chi connectivity index (χ1v) is 11.0. The van der Waals surface area contributed by atoms with Gasteiger partial charge in [0.1, 0.15) is 11.5 Å². The van der Waals surface area contributed by atoms with E-state index in [0.717, 1.165) is 11.3 Å². The third kappa shape index (κ3) is 3.89. The number of amides is 1. The average Bonchev–Trinajstić information content (AvgIpc) is 3.24. The zero-order valence-corrected chi connectivity index (χ0v) is 17.5. The number of anilines is 2. The van der Waals surface area contributed by atoms with Crippen LogP contribution in [0.5, 0.6) is 0 Å². The van der Waals surface area contributed by atoms with Gasteiger partial charge in [-0.25, -0.2) is 17.8 Å². The molecular weight excluding hydrogens is 429 g/mol. The summed E-state index contributed by atoms with van der Waals surface area (Å²) in [4.78, 5) is 15.3. The molecule has 1 amide bonds. The molecule has 0 saturated carbocycles. The summed E-state index contributed by atoms with van der Waals surface area (Å²) in [5, 5.41) is 10.4. The Labute approximate surface area is 175 Å². The molecule has 3 N–H and O–H groups in total. The van der Waals surface area contributed by atoms with Crippen LogP contribution in [0.25, 0.3) is 22.2 Å². The lowest BCUT2D eigenvalue weighted by molar-refractivity contribution is -0.114. The van der Waals surface area contributed by atoms with E-state index in [0.29, 0.717) is 27.8 Å². The minimum absolute atomic E-state index is 0.00361. The second kappa shape index (κ2) is 7.50. The smallest absolute Gasteiger partial charge is 0.273 e. The van der Waals surface area contributed by atoms with Gasteiger partial charge >= 0.3 is 0 Å². The summed E-state index contributed by atoms with van der Waals surface area (Å²) in [6.07, 6.45) is 0. The number of aromatic nitrogens is 3.